The molecule has 0 radical (unpaired) electrons. The molecule has 1 aliphatic rings. The maximum Gasteiger partial charge on any atom is 0.416 e. The highest BCUT2D eigenvalue weighted by molar-refractivity contribution is 6.01. The number of rotatable bonds is 3. The molecule has 3 aromatic carbocycles. The van der Waals surface area contributed by atoms with E-state index in [1.54, 1.807) is 0 Å². The lowest BCUT2D eigenvalue weighted by Gasteiger charge is -2.34. The minimum Gasteiger partial charge on any atom is -0.478 e. The molecule has 152 valence electrons. The van der Waals surface area contributed by atoms with Crippen molar-refractivity contribution in [2.75, 3.05) is 4.90 Å². The summed E-state index contributed by atoms with van der Waals surface area (Å²) in [6.07, 6.45) is -4.52. The number of nitrogens with zero attached hydrogens (tertiary/aromatic N) is 1. The summed E-state index contributed by atoms with van der Waals surface area (Å²) in [5.74, 6) is -2.80. The lowest BCUT2D eigenvalue weighted by atomic mass is 10.0. The van der Waals surface area contributed by atoms with E-state index < -0.39 is 23.7 Å². The Morgan fingerprint density at radius 1 is 0.767 bits per heavy atom. The zero-order chi connectivity index (χ0) is 21.6. The maximum absolute atomic E-state index is 13.0. The normalized spacial score (nSPS) is 12.6. The number of alkyl halides is 3. The molecule has 4 rings (SSSR count). The van der Waals surface area contributed by atoms with E-state index in [0.29, 0.717) is 0 Å². The van der Waals surface area contributed by atoms with E-state index in [1.165, 1.54) is 53.4 Å². The summed E-state index contributed by atoms with van der Waals surface area (Å²) >= 11 is 0. The number of halogens is 3. The van der Waals surface area contributed by atoms with Crippen LogP contribution in [-0.2, 0) is 6.18 Å². The highest BCUT2D eigenvalue weighted by Crippen LogP contribution is 2.52. The first-order valence-corrected chi connectivity index (χ1v) is 8.56. The maximum atomic E-state index is 13.0. The number of ether oxygens (including phenoxy) is 1. The number of para-hydroxylation sites is 2. The van der Waals surface area contributed by atoms with Crippen molar-refractivity contribution in [3.05, 3.63) is 77.4 Å². The van der Waals surface area contributed by atoms with E-state index in [-0.39, 0.29) is 39.7 Å². The Morgan fingerprint density at radius 2 is 1.23 bits per heavy atom. The summed E-state index contributed by atoms with van der Waals surface area (Å²) in [6, 6.07) is 12.8. The highest BCUT2D eigenvalue weighted by Gasteiger charge is 2.34. The Morgan fingerprint density at radius 3 is 1.63 bits per heavy atom. The summed E-state index contributed by atoms with van der Waals surface area (Å²) < 4.78 is 44.6. The number of carboxylic acid groups (broad SMARTS) is 2. The topological polar surface area (TPSA) is 87.1 Å². The largest absolute Gasteiger partial charge is 0.478 e. The van der Waals surface area contributed by atoms with Gasteiger partial charge < -0.3 is 19.8 Å². The van der Waals surface area contributed by atoms with Crippen LogP contribution in [0.1, 0.15) is 26.3 Å². The monoisotopic (exact) mass is 415 g/mol. The SMILES string of the molecule is O=C(O)c1cccc2c1Oc1c(C(=O)O)cccc1N2c1ccc(C(F)(F)F)cc1. The van der Waals surface area contributed by atoms with E-state index in [4.69, 9.17) is 4.74 Å². The van der Waals surface area contributed by atoms with E-state index in [9.17, 15) is 33.0 Å². The number of hydrogen-bond acceptors (Lipinski definition) is 4. The third-order valence-electron chi connectivity index (χ3n) is 4.59. The van der Waals surface area contributed by atoms with Crippen LogP contribution in [0.15, 0.2) is 60.7 Å². The summed E-state index contributed by atoms with van der Waals surface area (Å²) in [4.78, 5) is 24.8. The van der Waals surface area contributed by atoms with Gasteiger partial charge in [-0.3, -0.25) is 0 Å². The van der Waals surface area contributed by atoms with Crippen molar-refractivity contribution in [2.45, 2.75) is 6.18 Å². The molecule has 0 saturated carbocycles. The molecule has 1 aliphatic heterocycles. The molecule has 0 spiro atoms. The molecule has 0 saturated heterocycles. The minimum atomic E-state index is -4.52. The van der Waals surface area contributed by atoms with Gasteiger partial charge in [0.05, 0.1) is 16.9 Å². The molecule has 0 atom stereocenters. The molecule has 0 amide bonds. The van der Waals surface area contributed by atoms with Gasteiger partial charge in [-0.15, -0.1) is 0 Å². The van der Waals surface area contributed by atoms with Gasteiger partial charge in [0.25, 0.3) is 0 Å². The van der Waals surface area contributed by atoms with E-state index in [2.05, 4.69) is 0 Å². The second-order valence-electron chi connectivity index (χ2n) is 6.40. The summed E-state index contributed by atoms with van der Waals surface area (Å²) in [6.45, 7) is 0. The number of benzene rings is 3. The molecule has 1 heterocycles. The van der Waals surface area contributed by atoms with Crippen LogP contribution >= 0.6 is 0 Å². The highest BCUT2D eigenvalue weighted by atomic mass is 19.4. The van der Waals surface area contributed by atoms with Crippen molar-refractivity contribution in [1.82, 2.24) is 0 Å². The molecule has 30 heavy (non-hydrogen) atoms. The van der Waals surface area contributed by atoms with Gasteiger partial charge >= 0.3 is 18.1 Å². The molecule has 0 bridgehead atoms. The van der Waals surface area contributed by atoms with Crippen LogP contribution in [0.25, 0.3) is 0 Å². The third-order valence-corrected chi connectivity index (χ3v) is 4.59. The van der Waals surface area contributed by atoms with Gasteiger partial charge in [0.2, 0.25) is 0 Å². The molecular formula is C21H12F3NO5. The number of fused-ring (bicyclic) bond motifs is 2. The fourth-order valence-electron chi connectivity index (χ4n) is 3.26. The average molecular weight is 415 g/mol. The second-order valence-corrected chi connectivity index (χ2v) is 6.40. The Kier molecular flexibility index (Phi) is 4.38. The van der Waals surface area contributed by atoms with Crippen LogP contribution in [-0.4, -0.2) is 22.2 Å². The number of carbonyl (C=O) groups is 2. The van der Waals surface area contributed by atoms with E-state index in [0.717, 1.165) is 12.1 Å². The smallest absolute Gasteiger partial charge is 0.416 e. The molecule has 0 fully saturated rings. The fourth-order valence-corrected chi connectivity index (χ4v) is 3.26. The first kappa shape index (κ1) is 19.3. The Hall–Kier alpha value is -4.01. The first-order chi connectivity index (χ1) is 14.2. The lowest BCUT2D eigenvalue weighted by molar-refractivity contribution is -0.137. The predicted octanol–water partition coefficient (Wildman–Crippen LogP) is 5.68. The zero-order valence-electron chi connectivity index (χ0n) is 15.0. The Balaban J connectivity index is 1.97. The van der Waals surface area contributed by atoms with Crippen molar-refractivity contribution < 1.29 is 37.7 Å². The van der Waals surface area contributed by atoms with Gasteiger partial charge in [0.15, 0.2) is 11.5 Å². The molecule has 0 aromatic heterocycles. The van der Waals surface area contributed by atoms with Crippen molar-refractivity contribution in [3.8, 4) is 11.5 Å². The van der Waals surface area contributed by atoms with Crippen LogP contribution in [0.4, 0.5) is 30.2 Å². The number of anilines is 3. The minimum absolute atomic E-state index is 0.105. The summed E-state index contributed by atoms with van der Waals surface area (Å²) in [7, 11) is 0. The number of aromatic carboxylic acids is 2. The molecule has 3 aromatic rings. The van der Waals surface area contributed by atoms with Gasteiger partial charge in [-0.05, 0) is 48.5 Å². The quantitative estimate of drug-likeness (QED) is 0.448. The Labute approximate surface area is 167 Å². The van der Waals surface area contributed by atoms with Gasteiger partial charge in [-0.25, -0.2) is 9.59 Å². The number of hydrogen-bond donors (Lipinski definition) is 2. The van der Waals surface area contributed by atoms with Crippen LogP contribution in [0.3, 0.4) is 0 Å². The van der Waals surface area contributed by atoms with Gasteiger partial charge in [0.1, 0.15) is 11.1 Å². The molecule has 2 N–H and O–H groups in total. The molecule has 0 unspecified atom stereocenters. The summed E-state index contributed by atoms with van der Waals surface area (Å²) in [5.41, 5.74) is -0.489. The molecular weight excluding hydrogens is 403 g/mol. The Bertz CT molecular complexity index is 1110. The molecule has 6 nitrogen and oxygen atoms in total. The van der Waals surface area contributed by atoms with E-state index in [1.807, 2.05) is 0 Å². The molecule has 0 aliphatic carbocycles. The van der Waals surface area contributed by atoms with Crippen LogP contribution in [0.2, 0.25) is 0 Å². The second kappa shape index (κ2) is 6.80. The molecule has 9 heteroatoms. The van der Waals surface area contributed by atoms with Crippen molar-refractivity contribution in [3.63, 3.8) is 0 Å². The predicted molar refractivity (Wildman–Crippen MR) is 100 cm³/mol. The van der Waals surface area contributed by atoms with Crippen LogP contribution in [0, 0.1) is 0 Å². The van der Waals surface area contributed by atoms with Crippen LogP contribution in [0.5, 0.6) is 11.5 Å². The van der Waals surface area contributed by atoms with Crippen molar-refractivity contribution in [2.24, 2.45) is 0 Å². The lowest BCUT2D eigenvalue weighted by Crippen LogP contribution is -2.19. The summed E-state index contributed by atoms with van der Waals surface area (Å²) in [5, 5.41) is 19.0. The van der Waals surface area contributed by atoms with Crippen molar-refractivity contribution >= 4 is 29.0 Å². The first-order valence-electron chi connectivity index (χ1n) is 8.56. The van der Waals surface area contributed by atoms with Crippen molar-refractivity contribution in [1.29, 1.82) is 0 Å². The van der Waals surface area contributed by atoms with Gasteiger partial charge in [-0.1, -0.05) is 12.1 Å². The zero-order valence-corrected chi connectivity index (χ0v) is 15.0. The standard InChI is InChI=1S/C21H12F3NO5/c22-21(23,24)11-7-9-12(10-8-11)25-15-5-1-3-13(19(26)27)17(15)30-18-14(20(28)29)4-2-6-16(18)25/h1-10H,(H,26,27)(H,28,29). The van der Waals surface area contributed by atoms with Gasteiger partial charge in [-0.2, -0.15) is 13.2 Å². The fraction of sp³-hybridized carbons (Fsp3) is 0.0476. The van der Waals surface area contributed by atoms with Crippen LogP contribution < -0.4 is 9.64 Å². The number of carboxylic acids is 2. The van der Waals surface area contributed by atoms with Gasteiger partial charge in [0, 0.05) is 5.69 Å². The third kappa shape index (κ3) is 3.10. The average Bonchev–Trinajstić information content (AvgIpc) is 2.70. The van der Waals surface area contributed by atoms with E-state index >= 15 is 0 Å².